The van der Waals surface area contributed by atoms with Gasteiger partial charge in [0, 0.05) is 17.1 Å². The number of amides is 1. The summed E-state index contributed by atoms with van der Waals surface area (Å²) >= 11 is 3.40. The highest BCUT2D eigenvalue weighted by Crippen LogP contribution is 2.32. The second-order valence-electron chi connectivity index (χ2n) is 5.91. The molecule has 1 amide bonds. The van der Waals surface area contributed by atoms with Crippen LogP contribution in [0.25, 0.3) is 0 Å². The molecule has 0 unspecified atom stereocenters. The van der Waals surface area contributed by atoms with Crippen LogP contribution < -0.4 is 19.6 Å². The predicted molar refractivity (Wildman–Crippen MR) is 106 cm³/mol. The van der Waals surface area contributed by atoms with Crippen LogP contribution in [0.2, 0.25) is 0 Å². The van der Waals surface area contributed by atoms with Gasteiger partial charge in [-0.2, -0.15) is 10.4 Å². The summed E-state index contributed by atoms with van der Waals surface area (Å²) in [5.41, 5.74) is 4.53. The Hall–Kier alpha value is -3.16. The van der Waals surface area contributed by atoms with E-state index in [1.807, 2.05) is 6.07 Å². The van der Waals surface area contributed by atoms with Gasteiger partial charge in [-0.3, -0.25) is 4.79 Å². The Morgan fingerprint density at radius 1 is 1.45 bits per heavy atom. The molecule has 2 heterocycles. The number of nitriles is 1. The maximum atomic E-state index is 12.0. The topological polar surface area (TPSA) is 115 Å². The summed E-state index contributed by atoms with van der Waals surface area (Å²) in [7, 11) is 1.52. The third-order valence-corrected chi connectivity index (χ3v) is 4.96. The van der Waals surface area contributed by atoms with Crippen molar-refractivity contribution in [2.75, 3.05) is 20.5 Å². The monoisotopic (exact) mass is 460 g/mol. The van der Waals surface area contributed by atoms with Crippen LogP contribution in [-0.2, 0) is 16.1 Å². The molecule has 1 aliphatic rings. The number of fused-ring (bicyclic) bond motifs is 1. The number of methoxy groups -OCH3 is 1. The zero-order valence-electron chi connectivity index (χ0n) is 15.7. The van der Waals surface area contributed by atoms with E-state index in [1.165, 1.54) is 13.3 Å². The quantitative estimate of drug-likeness (QED) is 0.498. The highest BCUT2D eigenvalue weighted by Gasteiger charge is 2.18. The Morgan fingerprint density at radius 3 is 3.00 bits per heavy atom. The average Bonchev–Trinajstić information content (AvgIpc) is 3.18. The minimum Gasteiger partial charge on any atom is -0.467 e. The smallest absolute Gasteiger partial charge is 0.278 e. The fourth-order valence-electron chi connectivity index (χ4n) is 2.55. The molecule has 2 aromatic rings. The summed E-state index contributed by atoms with van der Waals surface area (Å²) in [6.07, 6.45) is 1.47. The SMILES string of the molecule is COCc1c(Br)c(C)nc(OCC(=O)N/N=C/c2ccc3c(c2)OCO3)c1C#N. The van der Waals surface area contributed by atoms with Crippen LogP contribution in [0.1, 0.15) is 22.4 Å². The number of ether oxygens (including phenoxy) is 4. The summed E-state index contributed by atoms with van der Waals surface area (Å²) in [4.78, 5) is 16.2. The second-order valence-corrected chi connectivity index (χ2v) is 6.70. The Balaban J connectivity index is 1.61. The number of benzene rings is 1. The molecule has 0 fully saturated rings. The van der Waals surface area contributed by atoms with Crippen molar-refractivity contribution < 1.29 is 23.7 Å². The van der Waals surface area contributed by atoms with Crippen molar-refractivity contribution in [3.05, 3.63) is 45.1 Å². The summed E-state index contributed by atoms with van der Waals surface area (Å²) in [6, 6.07) is 7.34. The van der Waals surface area contributed by atoms with E-state index in [9.17, 15) is 10.1 Å². The molecule has 10 heteroatoms. The summed E-state index contributed by atoms with van der Waals surface area (Å²) in [5, 5.41) is 13.3. The van der Waals surface area contributed by atoms with Crippen LogP contribution >= 0.6 is 15.9 Å². The third-order valence-electron chi connectivity index (χ3n) is 3.91. The third kappa shape index (κ3) is 4.82. The van der Waals surface area contributed by atoms with Gasteiger partial charge in [0.2, 0.25) is 12.7 Å². The molecule has 0 radical (unpaired) electrons. The van der Waals surface area contributed by atoms with Crippen molar-refractivity contribution in [3.63, 3.8) is 0 Å². The second kappa shape index (κ2) is 9.36. The summed E-state index contributed by atoms with van der Waals surface area (Å²) in [5.74, 6) is 0.853. The predicted octanol–water partition coefficient (Wildman–Crippen LogP) is 2.43. The summed E-state index contributed by atoms with van der Waals surface area (Å²) < 4.78 is 21.8. The minimum atomic E-state index is -0.499. The van der Waals surface area contributed by atoms with Gasteiger partial charge in [0.1, 0.15) is 11.6 Å². The number of nitrogens with one attached hydrogen (secondary N) is 1. The fourth-order valence-corrected chi connectivity index (χ4v) is 2.95. The first-order valence-corrected chi connectivity index (χ1v) is 9.25. The van der Waals surface area contributed by atoms with Crippen molar-refractivity contribution in [1.29, 1.82) is 5.26 Å². The molecule has 1 N–H and O–H groups in total. The first-order chi connectivity index (χ1) is 14.0. The van der Waals surface area contributed by atoms with Gasteiger partial charge in [0.15, 0.2) is 18.1 Å². The number of carbonyl (C=O) groups is 1. The van der Waals surface area contributed by atoms with Crippen LogP contribution in [0.5, 0.6) is 17.4 Å². The van der Waals surface area contributed by atoms with Gasteiger partial charge in [0.25, 0.3) is 5.91 Å². The van der Waals surface area contributed by atoms with Crippen LogP contribution in [0.15, 0.2) is 27.8 Å². The average molecular weight is 461 g/mol. The number of halogens is 1. The number of hydrogen-bond acceptors (Lipinski definition) is 8. The molecule has 0 spiro atoms. The fraction of sp³-hybridized carbons (Fsp3) is 0.263. The Labute approximate surface area is 175 Å². The molecule has 3 rings (SSSR count). The highest BCUT2D eigenvalue weighted by atomic mass is 79.9. The molecule has 0 saturated heterocycles. The molecule has 1 aromatic carbocycles. The molecule has 0 bridgehead atoms. The van der Waals surface area contributed by atoms with Gasteiger partial charge in [0.05, 0.1) is 18.5 Å². The lowest BCUT2D eigenvalue weighted by Gasteiger charge is -2.13. The molecule has 1 aliphatic heterocycles. The van der Waals surface area contributed by atoms with E-state index < -0.39 is 5.91 Å². The van der Waals surface area contributed by atoms with Crippen molar-refractivity contribution in [2.24, 2.45) is 5.10 Å². The normalized spacial score (nSPS) is 12.1. The first-order valence-electron chi connectivity index (χ1n) is 8.45. The standard InChI is InChI=1S/C19H17BrN4O5/c1-11-18(20)14(8-26-2)13(6-21)19(23-11)27-9-17(25)24-22-7-12-3-4-15-16(5-12)29-10-28-15/h3-5,7H,8-10H2,1-2H3,(H,24,25)/b22-7+. The zero-order valence-corrected chi connectivity index (χ0v) is 17.3. The van der Waals surface area contributed by atoms with E-state index in [-0.39, 0.29) is 31.5 Å². The molecule has 9 nitrogen and oxygen atoms in total. The number of hydrazone groups is 1. The molecule has 0 aliphatic carbocycles. The number of nitrogens with zero attached hydrogens (tertiary/aromatic N) is 3. The van der Waals surface area contributed by atoms with E-state index in [1.54, 1.807) is 25.1 Å². The lowest BCUT2D eigenvalue weighted by Crippen LogP contribution is -2.25. The van der Waals surface area contributed by atoms with E-state index in [4.69, 9.17) is 18.9 Å². The van der Waals surface area contributed by atoms with Gasteiger partial charge in [-0.05, 0) is 46.6 Å². The molecule has 29 heavy (non-hydrogen) atoms. The molecular formula is C19H17BrN4O5. The van der Waals surface area contributed by atoms with Crippen LogP contribution in [0.3, 0.4) is 0 Å². The molecule has 1 aromatic heterocycles. The number of pyridine rings is 1. The number of aromatic nitrogens is 1. The number of aryl methyl sites for hydroxylation is 1. The van der Waals surface area contributed by atoms with Gasteiger partial charge in [-0.1, -0.05) is 0 Å². The molecular weight excluding hydrogens is 444 g/mol. The minimum absolute atomic E-state index is 0.0650. The lowest BCUT2D eigenvalue weighted by atomic mass is 10.1. The number of rotatable bonds is 7. The van der Waals surface area contributed by atoms with Crippen LogP contribution in [0, 0.1) is 18.3 Å². The van der Waals surface area contributed by atoms with Crippen molar-refractivity contribution in [3.8, 4) is 23.4 Å². The molecule has 0 saturated carbocycles. The Bertz CT molecular complexity index is 1000. The van der Waals surface area contributed by atoms with E-state index >= 15 is 0 Å². The summed E-state index contributed by atoms with van der Waals surface area (Å²) in [6.45, 7) is 1.79. The van der Waals surface area contributed by atoms with Gasteiger partial charge < -0.3 is 18.9 Å². The van der Waals surface area contributed by atoms with Crippen molar-refractivity contribution >= 4 is 28.1 Å². The van der Waals surface area contributed by atoms with Gasteiger partial charge in [-0.25, -0.2) is 10.4 Å². The highest BCUT2D eigenvalue weighted by molar-refractivity contribution is 9.10. The van der Waals surface area contributed by atoms with Crippen LogP contribution in [0.4, 0.5) is 0 Å². The maximum absolute atomic E-state index is 12.0. The number of carbonyl (C=O) groups excluding carboxylic acids is 1. The van der Waals surface area contributed by atoms with Crippen LogP contribution in [-0.4, -0.2) is 37.6 Å². The molecule has 150 valence electrons. The van der Waals surface area contributed by atoms with Crippen molar-refractivity contribution in [2.45, 2.75) is 13.5 Å². The molecule has 0 atom stereocenters. The lowest BCUT2D eigenvalue weighted by molar-refractivity contribution is -0.123. The van der Waals surface area contributed by atoms with Gasteiger partial charge >= 0.3 is 0 Å². The van der Waals surface area contributed by atoms with Gasteiger partial charge in [-0.15, -0.1) is 0 Å². The zero-order chi connectivity index (χ0) is 20.8. The maximum Gasteiger partial charge on any atom is 0.278 e. The Kier molecular flexibility index (Phi) is 6.64. The van der Waals surface area contributed by atoms with Crippen molar-refractivity contribution in [1.82, 2.24) is 10.4 Å². The number of hydrogen-bond donors (Lipinski definition) is 1. The van der Waals surface area contributed by atoms with E-state index in [2.05, 4.69) is 31.4 Å². The van der Waals surface area contributed by atoms with E-state index in [0.717, 1.165) is 5.56 Å². The van der Waals surface area contributed by atoms with E-state index in [0.29, 0.717) is 27.2 Å². The Morgan fingerprint density at radius 2 is 2.24 bits per heavy atom. The largest absolute Gasteiger partial charge is 0.467 e. The first kappa shape index (κ1) is 20.6.